The van der Waals surface area contributed by atoms with Crippen LogP contribution >= 0.6 is 12.4 Å². The second-order valence-corrected chi connectivity index (χ2v) is 4.79. The summed E-state index contributed by atoms with van der Waals surface area (Å²) >= 11 is 0. The topological polar surface area (TPSA) is 59.6 Å². The number of halogens is 3. The third kappa shape index (κ3) is 5.40. The molecule has 22 heavy (non-hydrogen) atoms. The molecule has 1 amide bonds. The van der Waals surface area contributed by atoms with Gasteiger partial charge in [-0.1, -0.05) is 17.7 Å². The van der Waals surface area contributed by atoms with Crippen molar-refractivity contribution in [1.29, 1.82) is 0 Å². The zero-order chi connectivity index (χ0) is 15.2. The van der Waals surface area contributed by atoms with Gasteiger partial charge in [-0.15, -0.1) is 12.4 Å². The molecule has 2 rings (SSSR count). The second kappa shape index (κ2) is 8.87. The lowest BCUT2D eigenvalue weighted by Crippen LogP contribution is -2.51. The quantitative estimate of drug-likeness (QED) is 0.858. The molecule has 0 bridgehead atoms. The van der Waals surface area contributed by atoms with E-state index in [1.54, 1.807) is 12.1 Å². The first-order chi connectivity index (χ1) is 10.1. The fourth-order valence-corrected chi connectivity index (χ4v) is 2.10. The standard InChI is InChI=1S/C14H18F2N2O3.ClH/c1-9-2-3-12(21-14(15)16)10(6-9)7-18-13(19)11-8-20-5-4-17-11;/h2-3,6,11,14,17H,4-5,7-8H2,1H3,(H,18,19);1H. The molecular formula is C14H19ClF2N2O3. The Kier molecular flexibility index (Phi) is 7.50. The molecule has 1 atom stereocenters. The lowest BCUT2D eigenvalue weighted by Gasteiger charge is -2.23. The summed E-state index contributed by atoms with van der Waals surface area (Å²) in [7, 11) is 0. The zero-order valence-corrected chi connectivity index (χ0v) is 12.9. The Hall–Kier alpha value is -1.44. The van der Waals surface area contributed by atoms with Crippen molar-refractivity contribution >= 4 is 18.3 Å². The predicted molar refractivity (Wildman–Crippen MR) is 79.5 cm³/mol. The molecule has 1 fully saturated rings. The van der Waals surface area contributed by atoms with E-state index in [1.165, 1.54) is 6.07 Å². The highest BCUT2D eigenvalue weighted by molar-refractivity contribution is 5.85. The van der Waals surface area contributed by atoms with Gasteiger partial charge in [0.25, 0.3) is 0 Å². The van der Waals surface area contributed by atoms with Gasteiger partial charge in [0.15, 0.2) is 0 Å². The monoisotopic (exact) mass is 336 g/mol. The summed E-state index contributed by atoms with van der Waals surface area (Å²) in [6, 6.07) is 4.45. The van der Waals surface area contributed by atoms with Gasteiger partial charge in [-0.2, -0.15) is 8.78 Å². The third-order valence-corrected chi connectivity index (χ3v) is 3.12. The van der Waals surface area contributed by atoms with E-state index < -0.39 is 12.7 Å². The van der Waals surface area contributed by atoms with Gasteiger partial charge in [-0.05, 0) is 13.0 Å². The Morgan fingerprint density at radius 2 is 2.32 bits per heavy atom. The molecule has 0 spiro atoms. The number of nitrogens with one attached hydrogen (secondary N) is 2. The summed E-state index contributed by atoms with van der Waals surface area (Å²) < 4.78 is 34.4. The third-order valence-electron chi connectivity index (χ3n) is 3.12. The molecule has 1 saturated heterocycles. The number of aryl methyl sites for hydroxylation is 1. The largest absolute Gasteiger partial charge is 0.434 e. The van der Waals surface area contributed by atoms with Crippen LogP contribution < -0.4 is 15.4 Å². The average Bonchev–Trinajstić information content (AvgIpc) is 2.47. The van der Waals surface area contributed by atoms with Crippen molar-refractivity contribution in [3.63, 3.8) is 0 Å². The van der Waals surface area contributed by atoms with Crippen LogP contribution in [0.15, 0.2) is 18.2 Å². The molecule has 1 aromatic rings. The van der Waals surface area contributed by atoms with Gasteiger partial charge in [0.05, 0.1) is 13.2 Å². The van der Waals surface area contributed by atoms with E-state index in [1.807, 2.05) is 6.92 Å². The van der Waals surface area contributed by atoms with Crippen LogP contribution in [0, 0.1) is 6.92 Å². The summed E-state index contributed by atoms with van der Waals surface area (Å²) in [4.78, 5) is 11.9. The molecule has 0 saturated carbocycles. The maximum absolute atomic E-state index is 12.4. The fourth-order valence-electron chi connectivity index (χ4n) is 2.10. The van der Waals surface area contributed by atoms with Crippen LogP contribution in [0.25, 0.3) is 0 Å². The summed E-state index contributed by atoms with van der Waals surface area (Å²) in [5, 5.41) is 5.73. The van der Waals surface area contributed by atoms with Gasteiger partial charge >= 0.3 is 6.61 Å². The minimum absolute atomic E-state index is 0. The number of rotatable bonds is 5. The minimum Gasteiger partial charge on any atom is -0.434 e. The average molecular weight is 337 g/mol. The smallest absolute Gasteiger partial charge is 0.387 e. The molecular weight excluding hydrogens is 318 g/mol. The molecule has 1 aliphatic rings. The highest BCUT2D eigenvalue weighted by atomic mass is 35.5. The molecule has 8 heteroatoms. The first kappa shape index (κ1) is 18.6. The van der Waals surface area contributed by atoms with Crippen molar-refractivity contribution in [2.45, 2.75) is 26.1 Å². The molecule has 2 N–H and O–H groups in total. The summed E-state index contributed by atoms with van der Waals surface area (Å²) in [6.45, 7) is 0.570. The Morgan fingerprint density at radius 3 is 2.95 bits per heavy atom. The van der Waals surface area contributed by atoms with Crippen molar-refractivity contribution in [1.82, 2.24) is 10.6 Å². The normalized spacial score (nSPS) is 17.7. The molecule has 0 aromatic heterocycles. The number of alkyl halides is 2. The van der Waals surface area contributed by atoms with Crippen molar-refractivity contribution < 1.29 is 23.0 Å². The number of morpholine rings is 1. The van der Waals surface area contributed by atoms with Crippen LogP contribution in [0.1, 0.15) is 11.1 Å². The zero-order valence-electron chi connectivity index (χ0n) is 12.1. The van der Waals surface area contributed by atoms with E-state index in [0.29, 0.717) is 25.3 Å². The lowest BCUT2D eigenvalue weighted by atomic mass is 10.1. The predicted octanol–water partition coefficient (Wildman–Crippen LogP) is 1.62. The first-order valence-electron chi connectivity index (χ1n) is 6.69. The van der Waals surface area contributed by atoms with E-state index >= 15 is 0 Å². The van der Waals surface area contributed by atoms with E-state index in [-0.39, 0.29) is 30.6 Å². The van der Waals surface area contributed by atoms with Gasteiger partial charge in [0, 0.05) is 18.7 Å². The Labute approximate surface area is 133 Å². The van der Waals surface area contributed by atoms with Crippen LogP contribution in [0.3, 0.4) is 0 Å². The number of ether oxygens (including phenoxy) is 2. The number of carbonyl (C=O) groups is 1. The Balaban J connectivity index is 0.00000242. The highest BCUT2D eigenvalue weighted by Gasteiger charge is 2.21. The maximum atomic E-state index is 12.4. The second-order valence-electron chi connectivity index (χ2n) is 4.79. The molecule has 5 nitrogen and oxygen atoms in total. The van der Waals surface area contributed by atoms with Gasteiger partial charge in [0.2, 0.25) is 5.91 Å². The van der Waals surface area contributed by atoms with Crippen LogP contribution in [0.4, 0.5) is 8.78 Å². The fraction of sp³-hybridized carbons (Fsp3) is 0.500. The van der Waals surface area contributed by atoms with Gasteiger partial charge in [-0.25, -0.2) is 0 Å². The number of hydrogen-bond acceptors (Lipinski definition) is 4. The van der Waals surface area contributed by atoms with Crippen molar-refractivity contribution in [3.05, 3.63) is 29.3 Å². The SMILES string of the molecule is Cc1ccc(OC(F)F)c(CNC(=O)C2COCCN2)c1.Cl. The van der Waals surface area contributed by atoms with Crippen LogP contribution in [-0.4, -0.2) is 38.3 Å². The van der Waals surface area contributed by atoms with E-state index in [2.05, 4.69) is 15.4 Å². The Morgan fingerprint density at radius 1 is 1.55 bits per heavy atom. The van der Waals surface area contributed by atoms with Crippen molar-refractivity contribution in [2.24, 2.45) is 0 Å². The van der Waals surface area contributed by atoms with Crippen LogP contribution in [0.5, 0.6) is 5.75 Å². The lowest BCUT2D eigenvalue weighted by molar-refractivity contribution is -0.126. The number of carbonyl (C=O) groups excluding carboxylic acids is 1. The number of benzene rings is 1. The maximum Gasteiger partial charge on any atom is 0.387 e. The summed E-state index contributed by atoms with van der Waals surface area (Å²) in [6.07, 6.45) is 0. The van der Waals surface area contributed by atoms with Crippen LogP contribution in [-0.2, 0) is 16.1 Å². The van der Waals surface area contributed by atoms with Gasteiger partial charge in [0.1, 0.15) is 11.8 Å². The first-order valence-corrected chi connectivity index (χ1v) is 6.69. The molecule has 0 radical (unpaired) electrons. The summed E-state index contributed by atoms with van der Waals surface area (Å²) in [5.74, 6) is -0.150. The Bertz CT molecular complexity index is 497. The molecule has 0 aliphatic carbocycles. The van der Waals surface area contributed by atoms with Crippen LogP contribution in [0.2, 0.25) is 0 Å². The molecule has 1 unspecified atom stereocenters. The van der Waals surface area contributed by atoms with Crippen molar-refractivity contribution in [2.75, 3.05) is 19.8 Å². The van der Waals surface area contributed by atoms with E-state index in [4.69, 9.17) is 4.74 Å². The molecule has 1 heterocycles. The molecule has 124 valence electrons. The van der Waals surface area contributed by atoms with Crippen molar-refractivity contribution in [3.8, 4) is 5.75 Å². The van der Waals surface area contributed by atoms with E-state index in [0.717, 1.165) is 5.56 Å². The van der Waals surface area contributed by atoms with Gasteiger partial charge in [-0.3, -0.25) is 4.79 Å². The number of hydrogen-bond donors (Lipinski definition) is 2. The van der Waals surface area contributed by atoms with Gasteiger partial charge < -0.3 is 20.1 Å². The minimum atomic E-state index is -2.89. The molecule has 1 aromatic carbocycles. The molecule has 1 aliphatic heterocycles. The van der Waals surface area contributed by atoms with E-state index in [9.17, 15) is 13.6 Å². The summed E-state index contributed by atoms with van der Waals surface area (Å²) in [5.41, 5.74) is 1.42. The highest BCUT2D eigenvalue weighted by Crippen LogP contribution is 2.22. The number of amides is 1.